The molecule has 0 fully saturated rings. The highest BCUT2D eigenvalue weighted by Gasteiger charge is 2.14. The van der Waals surface area contributed by atoms with Gasteiger partial charge in [0.05, 0.1) is 5.52 Å². The van der Waals surface area contributed by atoms with Crippen LogP contribution in [0.1, 0.15) is 16.9 Å². The highest BCUT2D eigenvalue weighted by atomic mass is 16.1. The van der Waals surface area contributed by atoms with Crippen molar-refractivity contribution in [1.82, 2.24) is 15.1 Å². The maximum atomic E-state index is 11.9. The van der Waals surface area contributed by atoms with Gasteiger partial charge in [0, 0.05) is 19.0 Å². The average Bonchev–Trinajstić information content (AvgIpc) is 2.68. The van der Waals surface area contributed by atoms with Crippen LogP contribution >= 0.6 is 0 Å². The summed E-state index contributed by atoms with van der Waals surface area (Å²) in [6.07, 6.45) is 2.54. The molecule has 0 bridgehead atoms. The second-order valence-corrected chi connectivity index (χ2v) is 3.82. The van der Waals surface area contributed by atoms with Crippen LogP contribution in [-0.2, 0) is 7.05 Å². The maximum absolute atomic E-state index is 11.9. The molecule has 0 aliphatic heterocycles. The van der Waals surface area contributed by atoms with E-state index in [0.29, 0.717) is 12.2 Å². The first kappa shape index (κ1) is 11.4. The smallest absolute Gasteiger partial charge is 0.272 e. The number of para-hydroxylation sites is 1. The number of fused-ring (bicyclic) bond motifs is 1. The summed E-state index contributed by atoms with van der Waals surface area (Å²) < 4.78 is 1.72. The fourth-order valence-electron chi connectivity index (χ4n) is 1.75. The Balaban J connectivity index is 2.29. The van der Waals surface area contributed by atoms with Crippen LogP contribution in [0.2, 0.25) is 0 Å². The third kappa shape index (κ3) is 2.20. The summed E-state index contributed by atoms with van der Waals surface area (Å²) in [4.78, 5) is 11.9. The maximum Gasteiger partial charge on any atom is 0.272 e. The predicted octanol–water partition coefficient (Wildman–Crippen LogP) is 1.88. The van der Waals surface area contributed by atoms with Gasteiger partial charge in [0.1, 0.15) is 0 Å². The van der Waals surface area contributed by atoms with Crippen LogP contribution in [0.25, 0.3) is 10.9 Å². The Labute approximate surface area is 99.9 Å². The number of aromatic nitrogens is 2. The summed E-state index contributed by atoms with van der Waals surface area (Å²) in [5.74, 6) is -0.136. The minimum absolute atomic E-state index is 0.136. The minimum Gasteiger partial charge on any atom is -0.350 e. The SMILES string of the molecule is C=CCCNC(=O)c1nn(C)c2ccccc12. The van der Waals surface area contributed by atoms with Crippen LogP contribution in [0.5, 0.6) is 0 Å². The number of benzene rings is 1. The first-order valence-corrected chi connectivity index (χ1v) is 5.55. The predicted molar refractivity (Wildman–Crippen MR) is 67.9 cm³/mol. The van der Waals surface area contributed by atoms with Gasteiger partial charge in [0.25, 0.3) is 5.91 Å². The second-order valence-electron chi connectivity index (χ2n) is 3.82. The summed E-state index contributed by atoms with van der Waals surface area (Å²) in [5.41, 5.74) is 1.44. The van der Waals surface area contributed by atoms with E-state index in [4.69, 9.17) is 0 Å². The molecule has 1 amide bonds. The summed E-state index contributed by atoms with van der Waals surface area (Å²) in [5, 5.41) is 7.95. The lowest BCUT2D eigenvalue weighted by molar-refractivity contribution is 0.0950. The third-order valence-electron chi connectivity index (χ3n) is 2.61. The summed E-state index contributed by atoms with van der Waals surface area (Å²) in [7, 11) is 1.84. The molecule has 0 spiro atoms. The topological polar surface area (TPSA) is 46.9 Å². The monoisotopic (exact) mass is 229 g/mol. The van der Waals surface area contributed by atoms with E-state index in [1.54, 1.807) is 10.8 Å². The summed E-state index contributed by atoms with van der Waals surface area (Å²) in [6.45, 7) is 4.20. The standard InChI is InChI=1S/C13H15N3O/c1-3-4-9-14-13(17)12-10-7-5-6-8-11(10)16(2)15-12/h3,5-8H,1,4,9H2,2H3,(H,14,17). The van der Waals surface area contributed by atoms with Crippen molar-refractivity contribution in [3.63, 3.8) is 0 Å². The molecule has 1 aromatic heterocycles. The Kier molecular flexibility index (Phi) is 3.23. The van der Waals surface area contributed by atoms with E-state index >= 15 is 0 Å². The van der Waals surface area contributed by atoms with E-state index in [1.807, 2.05) is 31.3 Å². The minimum atomic E-state index is -0.136. The van der Waals surface area contributed by atoms with Gasteiger partial charge in [-0.05, 0) is 12.5 Å². The first-order chi connectivity index (χ1) is 8.24. The largest absolute Gasteiger partial charge is 0.350 e. The third-order valence-corrected chi connectivity index (χ3v) is 2.61. The molecule has 4 heteroatoms. The van der Waals surface area contributed by atoms with Crippen molar-refractivity contribution in [2.75, 3.05) is 6.54 Å². The molecule has 4 nitrogen and oxygen atoms in total. The highest BCUT2D eigenvalue weighted by Crippen LogP contribution is 2.16. The van der Waals surface area contributed by atoms with Crippen molar-refractivity contribution < 1.29 is 4.79 Å². The number of hydrogen-bond donors (Lipinski definition) is 1. The molecular weight excluding hydrogens is 214 g/mol. The number of nitrogens with one attached hydrogen (secondary N) is 1. The lowest BCUT2D eigenvalue weighted by atomic mass is 10.2. The van der Waals surface area contributed by atoms with Crippen LogP contribution in [0.4, 0.5) is 0 Å². The van der Waals surface area contributed by atoms with Crippen molar-refractivity contribution in [3.8, 4) is 0 Å². The zero-order valence-electron chi connectivity index (χ0n) is 9.81. The Bertz CT molecular complexity index is 557. The Morgan fingerprint density at radius 3 is 3.06 bits per heavy atom. The molecule has 17 heavy (non-hydrogen) atoms. The molecule has 0 saturated heterocycles. The summed E-state index contributed by atoms with van der Waals surface area (Å²) in [6, 6.07) is 7.70. The number of amides is 1. The zero-order valence-corrected chi connectivity index (χ0v) is 9.81. The van der Waals surface area contributed by atoms with Crippen molar-refractivity contribution in [2.45, 2.75) is 6.42 Å². The Morgan fingerprint density at radius 2 is 2.29 bits per heavy atom. The molecule has 1 heterocycles. The van der Waals surface area contributed by atoms with Gasteiger partial charge in [-0.15, -0.1) is 6.58 Å². The van der Waals surface area contributed by atoms with E-state index in [1.165, 1.54) is 0 Å². The van der Waals surface area contributed by atoms with Crippen LogP contribution in [0.15, 0.2) is 36.9 Å². The lowest BCUT2D eigenvalue weighted by Gasteiger charge is -2.00. The molecule has 0 atom stereocenters. The molecule has 0 aliphatic rings. The molecule has 1 N–H and O–H groups in total. The molecule has 0 radical (unpaired) electrons. The van der Waals surface area contributed by atoms with Gasteiger partial charge >= 0.3 is 0 Å². The lowest BCUT2D eigenvalue weighted by Crippen LogP contribution is -2.24. The van der Waals surface area contributed by atoms with Gasteiger partial charge in [-0.25, -0.2) is 0 Å². The van der Waals surface area contributed by atoms with E-state index in [2.05, 4.69) is 17.0 Å². The number of carbonyl (C=O) groups excluding carboxylic acids is 1. The van der Waals surface area contributed by atoms with Gasteiger partial charge < -0.3 is 5.32 Å². The number of rotatable bonds is 4. The second kappa shape index (κ2) is 4.82. The Morgan fingerprint density at radius 1 is 1.53 bits per heavy atom. The first-order valence-electron chi connectivity index (χ1n) is 5.55. The molecule has 0 unspecified atom stereocenters. The molecule has 0 aliphatic carbocycles. The Hall–Kier alpha value is -2.10. The van der Waals surface area contributed by atoms with Crippen LogP contribution < -0.4 is 5.32 Å². The van der Waals surface area contributed by atoms with Gasteiger partial charge in [-0.1, -0.05) is 24.3 Å². The zero-order chi connectivity index (χ0) is 12.3. The van der Waals surface area contributed by atoms with Gasteiger partial charge in [-0.3, -0.25) is 9.48 Å². The van der Waals surface area contributed by atoms with Crippen LogP contribution in [0, 0.1) is 0 Å². The van der Waals surface area contributed by atoms with Gasteiger partial charge in [-0.2, -0.15) is 5.10 Å². The van der Waals surface area contributed by atoms with Crippen LogP contribution in [-0.4, -0.2) is 22.2 Å². The molecular formula is C13H15N3O. The molecule has 0 saturated carbocycles. The number of nitrogens with zero attached hydrogens (tertiary/aromatic N) is 2. The molecule has 88 valence electrons. The van der Waals surface area contributed by atoms with Crippen molar-refractivity contribution in [3.05, 3.63) is 42.6 Å². The van der Waals surface area contributed by atoms with E-state index < -0.39 is 0 Å². The van der Waals surface area contributed by atoms with E-state index in [0.717, 1.165) is 17.3 Å². The normalized spacial score (nSPS) is 10.4. The van der Waals surface area contributed by atoms with Crippen molar-refractivity contribution in [1.29, 1.82) is 0 Å². The highest BCUT2D eigenvalue weighted by molar-refractivity contribution is 6.04. The molecule has 1 aromatic carbocycles. The molecule has 2 aromatic rings. The van der Waals surface area contributed by atoms with E-state index in [-0.39, 0.29) is 5.91 Å². The van der Waals surface area contributed by atoms with Crippen molar-refractivity contribution in [2.24, 2.45) is 7.05 Å². The fraction of sp³-hybridized carbons (Fsp3) is 0.231. The van der Waals surface area contributed by atoms with E-state index in [9.17, 15) is 4.79 Å². The summed E-state index contributed by atoms with van der Waals surface area (Å²) >= 11 is 0. The fourth-order valence-corrected chi connectivity index (χ4v) is 1.75. The average molecular weight is 229 g/mol. The van der Waals surface area contributed by atoms with Gasteiger partial charge in [0.2, 0.25) is 0 Å². The van der Waals surface area contributed by atoms with Crippen molar-refractivity contribution >= 4 is 16.8 Å². The number of hydrogen-bond acceptors (Lipinski definition) is 2. The van der Waals surface area contributed by atoms with Crippen LogP contribution in [0.3, 0.4) is 0 Å². The number of aryl methyl sites for hydroxylation is 1. The number of carbonyl (C=O) groups is 1. The molecule has 2 rings (SSSR count). The van der Waals surface area contributed by atoms with Gasteiger partial charge in [0.15, 0.2) is 5.69 Å². The quantitative estimate of drug-likeness (QED) is 0.642.